The van der Waals surface area contributed by atoms with Crippen LogP contribution in [0.5, 0.6) is 11.5 Å². The molecule has 0 heterocycles. The molecule has 0 aliphatic carbocycles. The summed E-state index contributed by atoms with van der Waals surface area (Å²) >= 11 is 0. The third-order valence-electron chi connectivity index (χ3n) is 6.02. The first-order valence-electron chi connectivity index (χ1n) is 9.69. The number of hydrogen-bond acceptors (Lipinski definition) is 5. The van der Waals surface area contributed by atoms with Gasteiger partial charge in [-0.25, -0.2) is 0 Å². The number of hydrogen-bond donors (Lipinski definition) is 1. The molecule has 1 aromatic rings. The molecular weight excluding hydrogens is 390 g/mol. The van der Waals surface area contributed by atoms with Gasteiger partial charge >= 0.3 is 0 Å². The van der Waals surface area contributed by atoms with E-state index in [1.807, 2.05) is 0 Å². The quantitative estimate of drug-likeness (QED) is 0.339. The number of benzene rings is 1. The third-order valence-corrected chi connectivity index (χ3v) is 14.7. The van der Waals surface area contributed by atoms with Gasteiger partial charge in [0.25, 0.3) is 16.6 Å². The van der Waals surface area contributed by atoms with Crippen LogP contribution < -0.4 is 8.85 Å². The van der Waals surface area contributed by atoms with Gasteiger partial charge in [-0.3, -0.25) is 10.1 Å². The van der Waals surface area contributed by atoms with Crippen LogP contribution in [0.15, 0.2) is 18.2 Å². The molecule has 0 fully saturated rings. The van der Waals surface area contributed by atoms with Crippen molar-refractivity contribution in [1.29, 1.82) is 0 Å². The summed E-state index contributed by atoms with van der Waals surface area (Å²) in [6, 6.07) is 5.17. The minimum absolute atomic E-state index is 0.0172. The zero-order chi connectivity index (χ0) is 22.1. The highest BCUT2D eigenvalue weighted by molar-refractivity contribution is 6.75. The number of aliphatic hydroxyl groups is 1. The second-order valence-electron chi connectivity index (χ2n) is 10.5. The Labute approximate surface area is 171 Å². The average molecular weight is 428 g/mol. The molecule has 1 atom stereocenters. The highest BCUT2D eigenvalue weighted by Gasteiger charge is 2.42. The van der Waals surface area contributed by atoms with Gasteiger partial charge in [-0.2, -0.15) is 0 Å². The van der Waals surface area contributed by atoms with Gasteiger partial charge in [-0.15, -0.1) is 0 Å². The second kappa shape index (κ2) is 8.16. The lowest BCUT2D eigenvalue weighted by atomic mass is 10.1. The molecule has 1 rings (SSSR count). The van der Waals surface area contributed by atoms with Crippen LogP contribution in [-0.2, 0) is 0 Å². The first-order chi connectivity index (χ1) is 12.4. The van der Waals surface area contributed by atoms with Crippen LogP contribution in [0.4, 0.5) is 0 Å². The summed E-state index contributed by atoms with van der Waals surface area (Å²) < 4.78 is 13.0. The third kappa shape index (κ3) is 6.05. The fraction of sp³-hybridized carbons (Fsp3) is 0.700. The summed E-state index contributed by atoms with van der Waals surface area (Å²) in [7, 11) is -4.27. The van der Waals surface area contributed by atoms with E-state index in [2.05, 4.69) is 67.7 Å². The van der Waals surface area contributed by atoms with E-state index in [0.717, 1.165) is 0 Å². The molecule has 0 radical (unpaired) electrons. The van der Waals surface area contributed by atoms with Crippen LogP contribution in [0.25, 0.3) is 0 Å². The van der Waals surface area contributed by atoms with E-state index in [9.17, 15) is 15.2 Å². The molecule has 1 unspecified atom stereocenters. The molecule has 160 valence electrons. The molecule has 0 aliphatic heterocycles. The molecule has 8 heteroatoms. The standard InChI is InChI=1S/C20H37NO5Si2/c1-19(2,3)27(7,8)25-17-12-11-15(16(22)14-21(23)24)13-18(17)26-28(9,10)20(4,5)6/h11-13,16,22H,14H2,1-10H3. The van der Waals surface area contributed by atoms with Gasteiger partial charge in [0.2, 0.25) is 6.54 Å². The summed E-state index contributed by atoms with van der Waals surface area (Å²) in [6.07, 6.45) is -1.18. The highest BCUT2D eigenvalue weighted by Crippen LogP contribution is 2.44. The van der Waals surface area contributed by atoms with E-state index in [-0.39, 0.29) is 10.1 Å². The van der Waals surface area contributed by atoms with E-state index < -0.39 is 34.2 Å². The molecule has 0 amide bonds. The first kappa shape index (κ1) is 24.7. The number of nitro groups is 1. The monoisotopic (exact) mass is 427 g/mol. The Hall–Kier alpha value is -1.39. The molecule has 0 bridgehead atoms. The van der Waals surface area contributed by atoms with Crippen LogP contribution in [-0.4, -0.2) is 33.2 Å². The van der Waals surface area contributed by atoms with Crippen molar-refractivity contribution in [3.05, 3.63) is 33.9 Å². The largest absolute Gasteiger partial charge is 0.541 e. The Kier molecular flexibility index (Phi) is 7.18. The summed E-state index contributed by atoms with van der Waals surface area (Å²) in [4.78, 5) is 10.3. The van der Waals surface area contributed by atoms with Gasteiger partial charge in [0.15, 0.2) is 0 Å². The van der Waals surface area contributed by atoms with Crippen LogP contribution in [0.2, 0.25) is 36.3 Å². The Morgan fingerprint density at radius 2 is 1.39 bits per heavy atom. The molecule has 0 spiro atoms. The van der Waals surface area contributed by atoms with Crippen molar-refractivity contribution in [2.45, 2.75) is 83.9 Å². The summed E-state index contributed by atoms with van der Waals surface area (Å²) in [6.45, 7) is 21.0. The van der Waals surface area contributed by atoms with E-state index in [1.165, 1.54) is 0 Å². The fourth-order valence-corrected chi connectivity index (χ4v) is 4.04. The maximum atomic E-state index is 10.8. The summed E-state index contributed by atoms with van der Waals surface area (Å²) in [5, 5.41) is 21.0. The Balaban J connectivity index is 3.41. The van der Waals surface area contributed by atoms with Gasteiger partial charge in [0.05, 0.1) is 0 Å². The van der Waals surface area contributed by atoms with Gasteiger partial charge in [0.1, 0.15) is 17.6 Å². The van der Waals surface area contributed by atoms with Crippen molar-refractivity contribution in [3.63, 3.8) is 0 Å². The number of nitrogens with zero attached hydrogens (tertiary/aromatic N) is 1. The lowest BCUT2D eigenvalue weighted by molar-refractivity contribution is -0.491. The molecule has 28 heavy (non-hydrogen) atoms. The molecule has 1 N–H and O–H groups in total. The Morgan fingerprint density at radius 3 is 1.79 bits per heavy atom. The van der Waals surface area contributed by atoms with Crippen molar-refractivity contribution in [2.24, 2.45) is 0 Å². The molecule has 0 aliphatic rings. The molecule has 0 aromatic heterocycles. The normalized spacial score (nSPS) is 14.5. The van der Waals surface area contributed by atoms with Gasteiger partial charge in [-0.1, -0.05) is 47.6 Å². The van der Waals surface area contributed by atoms with Crippen LogP contribution in [0.1, 0.15) is 53.2 Å². The van der Waals surface area contributed by atoms with E-state index >= 15 is 0 Å². The van der Waals surface area contributed by atoms with E-state index in [4.69, 9.17) is 8.85 Å². The SMILES string of the molecule is CC(C)(C)[Si](C)(C)Oc1ccc(C(O)C[N+](=O)[O-])cc1O[Si](C)(C)C(C)(C)C. The van der Waals surface area contributed by atoms with Gasteiger partial charge in [-0.05, 0) is 54.0 Å². The summed E-state index contributed by atoms with van der Waals surface area (Å²) in [5.41, 5.74) is 0.466. The number of rotatable bonds is 7. The van der Waals surface area contributed by atoms with Crippen molar-refractivity contribution < 1.29 is 18.9 Å². The Bertz CT molecular complexity index is 706. The first-order valence-corrected chi connectivity index (χ1v) is 15.5. The topological polar surface area (TPSA) is 81.8 Å². The zero-order valence-corrected chi connectivity index (χ0v) is 21.0. The highest BCUT2D eigenvalue weighted by atomic mass is 28.4. The molecule has 6 nitrogen and oxygen atoms in total. The zero-order valence-electron chi connectivity index (χ0n) is 19.0. The summed E-state index contributed by atoms with van der Waals surface area (Å²) in [5.74, 6) is 1.21. The average Bonchev–Trinajstić information content (AvgIpc) is 2.45. The molecule has 0 saturated heterocycles. The van der Waals surface area contributed by atoms with Crippen molar-refractivity contribution in [1.82, 2.24) is 0 Å². The van der Waals surface area contributed by atoms with Crippen LogP contribution in [0, 0.1) is 10.1 Å². The van der Waals surface area contributed by atoms with Crippen LogP contribution in [0.3, 0.4) is 0 Å². The van der Waals surface area contributed by atoms with Crippen molar-refractivity contribution >= 4 is 16.6 Å². The van der Waals surface area contributed by atoms with Crippen molar-refractivity contribution in [2.75, 3.05) is 6.54 Å². The smallest absolute Gasteiger partial charge is 0.250 e. The van der Waals surface area contributed by atoms with Gasteiger partial charge in [0, 0.05) is 4.92 Å². The van der Waals surface area contributed by atoms with Gasteiger partial charge < -0.3 is 14.0 Å². The molecular formula is C20H37NO5Si2. The van der Waals surface area contributed by atoms with E-state index in [0.29, 0.717) is 17.1 Å². The van der Waals surface area contributed by atoms with Crippen LogP contribution >= 0.6 is 0 Å². The predicted octanol–water partition coefficient (Wildman–Crippen LogP) is 5.76. The Morgan fingerprint density at radius 1 is 0.964 bits per heavy atom. The van der Waals surface area contributed by atoms with E-state index in [1.54, 1.807) is 18.2 Å². The molecule has 1 aromatic carbocycles. The van der Waals surface area contributed by atoms with Crippen molar-refractivity contribution in [3.8, 4) is 11.5 Å². The fourth-order valence-electron chi connectivity index (χ4n) is 2.00. The predicted molar refractivity (Wildman–Crippen MR) is 119 cm³/mol. The number of aliphatic hydroxyl groups excluding tert-OH is 1. The maximum absolute atomic E-state index is 10.8. The lowest BCUT2D eigenvalue weighted by Crippen LogP contribution is -2.45. The molecule has 0 saturated carbocycles. The minimum atomic E-state index is -2.17. The lowest BCUT2D eigenvalue weighted by Gasteiger charge is -2.39. The minimum Gasteiger partial charge on any atom is -0.541 e. The second-order valence-corrected chi connectivity index (χ2v) is 19.9. The maximum Gasteiger partial charge on any atom is 0.250 e.